The smallest absolute Gasteiger partial charge is 0.352 e. The fraction of sp³-hybridized carbons (Fsp3) is 0.389. The maximum atomic E-state index is 12.7. The van der Waals surface area contributed by atoms with Crippen LogP contribution >= 0.6 is 23.1 Å². The summed E-state index contributed by atoms with van der Waals surface area (Å²) in [4.78, 5) is 69.6. The molecule has 13 nitrogen and oxygen atoms in total. The van der Waals surface area contributed by atoms with E-state index in [9.17, 15) is 29.1 Å². The standard InChI is InChI=1S/C18H19N5O8S2/c1-7(24)3-10(25)31-4-8-5-32-16-12(15(27)23(16)13(8)17(28)29)21-14(26)11(22-30-2)9-6-33-18(19)20-9/h6,12,16H,3-5H2,1-2H3,(H2,19,20)(H,21,26)(H,28,29)/t12-,16+/m1/s1. The summed E-state index contributed by atoms with van der Waals surface area (Å²) in [6, 6.07) is -1.02. The Labute approximate surface area is 195 Å². The first kappa shape index (κ1) is 24.2. The van der Waals surface area contributed by atoms with E-state index in [1.807, 2.05) is 0 Å². The highest BCUT2D eigenvalue weighted by Gasteiger charge is 2.54. The Morgan fingerprint density at radius 1 is 1.39 bits per heavy atom. The van der Waals surface area contributed by atoms with Crippen molar-refractivity contribution < 1.29 is 38.7 Å². The van der Waals surface area contributed by atoms with Crippen LogP contribution in [0.25, 0.3) is 0 Å². The van der Waals surface area contributed by atoms with E-state index in [1.54, 1.807) is 0 Å². The SMILES string of the molecule is CON=C(C(=O)N[C@@H]1C(=O)N2C(C(=O)O)=C(COC(=O)CC(C)=O)CS[C@@H]12)c1csc(N)n1. The number of thiazole rings is 1. The molecule has 0 saturated carbocycles. The van der Waals surface area contributed by atoms with Crippen molar-refractivity contribution in [1.29, 1.82) is 0 Å². The number of fused-ring (bicyclic) bond motifs is 1. The number of hydrogen-bond acceptors (Lipinski definition) is 12. The van der Waals surface area contributed by atoms with Crippen LogP contribution in [-0.2, 0) is 33.5 Å². The number of aliphatic carboxylic acids is 1. The Kier molecular flexibility index (Phi) is 7.33. The predicted molar refractivity (Wildman–Crippen MR) is 116 cm³/mol. The van der Waals surface area contributed by atoms with Gasteiger partial charge >= 0.3 is 11.9 Å². The van der Waals surface area contributed by atoms with Crippen molar-refractivity contribution in [3.63, 3.8) is 0 Å². The van der Waals surface area contributed by atoms with Gasteiger partial charge in [0.1, 0.15) is 48.7 Å². The Morgan fingerprint density at radius 2 is 2.12 bits per heavy atom. The molecule has 3 heterocycles. The van der Waals surface area contributed by atoms with Gasteiger partial charge in [0.05, 0.1) is 0 Å². The molecule has 2 atom stereocenters. The number of ketones is 1. The number of thioether (sulfide) groups is 1. The molecule has 1 aromatic rings. The van der Waals surface area contributed by atoms with Gasteiger partial charge in [-0.05, 0) is 6.92 Å². The van der Waals surface area contributed by atoms with Crippen molar-refractivity contribution in [3.8, 4) is 0 Å². The number of anilines is 1. The number of Topliss-reactive ketones (excluding diaryl/α,β-unsaturated/α-hetero) is 1. The lowest BCUT2D eigenvalue weighted by atomic mass is 10.0. The lowest BCUT2D eigenvalue weighted by Gasteiger charge is -2.49. The third-order valence-electron chi connectivity index (χ3n) is 4.50. The van der Waals surface area contributed by atoms with E-state index in [2.05, 4.69) is 15.5 Å². The Hall–Kier alpha value is -3.46. The molecule has 2 aliphatic rings. The van der Waals surface area contributed by atoms with E-state index in [1.165, 1.54) is 31.2 Å². The molecule has 0 unspecified atom stereocenters. The predicted octanol–water partition coefficient (Wildman–Crippen LogP) is -0.663. The number of oxime groups is 1. The summed E-state index contributed by atoms with van der Waals surface area (Å²) in [5, 5.41) is 16.8. The quantitative estimate of drug-likeness (QED) is 0.129. The summed E-state index contributed by atoms with van der Waals surface area (Å²) in [7, 11) is 1.24. The van der Waals surface area contributed by atoms with Gasteiger partial charge in [-0.15, -0.1) is 23.1 Å². The molecule has 0 aliphatic carbocycles. The van der Waals surface area contributed by atoms with Crippen molar-refractivity contribution in [2.45, 2.75) is 24.8 Å². The summed E-state index contributed by atoms with van der Waals surface area (Å²) < 4.78 is 4.97. The zero-order chi connectivity index (χ0) is 24.3. The van der Waals surface area contributed by atoms with Gasteiger partial charge in [0.2, 0.25) is 0 Å². The molecule has 0 bridgehead atoms. The molecule has 0 radical (unpaired) electrons. The molecule has 33 heavy (non-hydrogen) atoms. The molecule has 0 spiro atoms. The highest BCUT2D eigenvalue weighted by molar-refractivity contribution is 8.00. The maximum Gasteiger partial charge on any atom is 0.352 e. The molecule has 1 saturated heterocycles. The van der Waals surface area contributed by atoms with Crippen LogP contribution in [0.5, 0.6) is 0 Å². The van der Waals surface area contributed by atoms with E-state index in [4.69, 9.17) is 15.3 Å². The zero-order valence-electron chi connectivity index (χ0n) is 17.4. The molecule has 4 N–H and O–H groups in total. The van der Waals surface area contributed by atoms with Gasteiger partial charge in [0.25, 0.3) is 11.8 Å². The number of carboxylic acids is 1. The minimum absolute atomic E-state index is 0.136. The number of aromatic nitrogens is 1. The first-order valence-electron chi connectivity index (χ1n) is 9.32. The summed E-state index contributed by atoms with van der Waals surface area (Å²) in [6.07, 6.45) is -0.432. The average molecular weight is 498 g/mol. The number of nitrogens with zero attached hydrogens (tertiary/aromatic N) is 3. The number of ether oxygens (including phenoxy) is 1. The Morgan fingerprint density at radius 3 is 2.70 bits per heavy atom. The minimum atomic E-state index is -1.38. The van der Waals surface area contributed by atoms with Crippen molar-refractivity contribution in [3.05, 3.63) is 22.3 Å². The molecule has 2 amide bonds. The second-order valence-corrected chi connectivity index (χ2v) is 8.85. The van der Waals surface area contributed by atoms with Gasteiger partial charge in [0.15, 0.2) is 10.8 Å². The third kappa shape index (κ3) is 5.14. The van der Waals surface area contributed by atoms with Crippen LogP contribution < -0.4 is 11.1 Å². The molecular formula is C18H19N5O8S2. The van der Waals surface area contributed by atoms with Crippen LogP contribution in [-0.4, -0.2) is 81.1 Å². The fourth-order valence-electron chi connectivity index (χ4n) is 3.12. The van der Waals surface area contributed by atoms with Gasteiger partial charge in [-0.1, -0.05) is 5.16 Å². The number of carbonyl (C=O) groups is 5. The first-order chi connectivity index (χ1) is 15.6. The lowest BCUT2D eigenvalue weighted by Crippen LogP contribution is -2.71. The highest BCUT2D eigenvalue weighted by atomic mass is 32.2. The second-order valence-electron chi connectivity index (χ2n) is 6.85. The number of nitrogens with one attached hydrogen (secondary N) is 1. The van der Waals surface area contributed by atoms with Crippen molar-refractivity contribution in [1.82, 2.24) is 15.2 Å². The molecule has 1 aromatic heterocycles. The van der Waals surface area contributed by atoms with Crippen LogP contribution in [0.3, 0.4) is 0 Å². The second kappa shape index (κ2) is 9.99. The Bertz CT molecular complexity index is 1080. The number of carbonyl (C=O) groups excluding carboxylic acids is 4. The highest BCUT2D eigenvalue weighted by Crippen LogP contribution is 2.40. The van der Waals surface area contributed by atoms with Crippen LogP contribution in [0.2, 0.25) is 0 Å². The van der Waals surface area contributed by atoms with Crippen molar-refractivity contribution in [2.75, 3.05) is 25.2 Å². The van der Waals surface area contributed by atoms with Crippen molar-refractivity contribution >= 4 is 63.5 Å². The number of rotatable bonds is 9. The van der Waals surface area contributed by atoms with Crippen LogP contribution in [0.1, 0.15) is 19.0 Å². The molecular weight excluding hydrogens is 478 g/mol. The van der Waals surface area contributed by atoms with E-state index in [-0.39, 0.29) is 40.2 Å². The average Bonchev–Trinajstić information content (AvgIpc) is 3.18. The number of nitrogen functional groups attached to an aromatic ring is 1. The summed E-state index contributed by atoms with van der Waals surface area (Å²) >= 11 is 2.28. The molecule has 176 valence electrons. The molecule has 1 fully saturated rings. The van der Waals surface area contributed by atoms with Gasteiger partial charge < -0.3 is 25.7 Å². The number of nitrogens with two attached hydrogens (primary N) is 1. The monoisotopic (exact) mass is 497 g/mol. The van der Waals surface area contributed by atoms with Gasteiger partial charge in [-0.25, -0.2) is 9.78 Å². The Balaban J connectivity index is 1.73. The topological polar surface area (TPSA) is 191 Å². The number of carboxylic acid groups (broad SMARTS) is 1. The number of β-lactam (4-membered cyclic amide) rings is 1. The molecule has 3 rings (SSSR count). The van der Waals surface area contributed by atoms with Gasteiger partial charge in [-0.2, -0.15) is 0 Å². The van der Waals surface area contributed by atoms with Gasteiger partial charge in [0, 0.05) is 16.7 Å². The first-order valence-corrected chi connectivity index (χ1v) is 11.2. The lowest BCUT2D eigenvalue weighted by molar-refractivity contribution is -0.150. The van der Waals surface area contributed by atoms with Crippen LogP contribution in [0.4, 0.5) is 5.13 Å². The number of esters is 1. The normalized spacial score (nSPS) is 20.0. The number of amides is 2. The number of hydrogen-bond donors (Lipinski definition) is 3. The molecule has 0 aromatic carbocycles. The molecule has 15 heteroatoms. The third-order valence-corrected chi connectivity index (χ3v) is 6.51. The van der Waals surface area contributed by atoms with E-state index < -0.39 is 47.4 Å². The summed E-state index contributed by atoms with van der Waals surface area (Å²) in [5.74, 6) is -3.82. The summed E-state index contributed by atoms with van der Waals surface area (Å²) in [6.45, 7) is 0.855. The van der Waals surface area contributed by atoms with Crippen molar-refractivity contribution in [2.24, 2.45) is 5.16 Å². The van der Waals surface area contributed by atoms with E-state index >= 15 is 0 Å². The summed E-state index contributed by atoms with van der Waals surface area (Å²) in [5.41, 5.74) is 5.46. The fourth-order valence-corrected chi connectivity index (χ4v) is 4.99. The van der Waals surface area contributed by atoms with Crippen LogP contribution in [0, 0.1) is 0 Å². The zero-order valence-corrected chi connectivity index (χ0v) is 19.0. The van der Waals surface area contributed by atoms with E-state index in [0.717, 1.165) is 16.2 Å². The van der Waals surface area contributed by atoms with Crippen LogP contribution in [0.15, 0.2) is 21.8 Å². The minimum Gasteiger partial charge on any atom is -0.477 e. The maximum absolute atomic E-state index is 12.7. The van der Waals surface area contributed by atoms with E-state index in [0.29, 0.717) is 0 Å². The van der Waals surface area contributed by atoms with Gasteiger partial charge in [-0.3, -0.25) is 24.1 Å². The molecule has 2 aliphatic heterocycles. The largest absolute Gasteiger partial charge is 0.477 e.